The molecule has 1 aromatic heterocycles. The van der Waals surface area contributed by atoms with Crippen LogP contribution in [0, 0.1) is 0 Å². The Hall–Kier alpha value is -1.98. The average Bonchev–Trinajstić information content (AvgIpc) is 2.90. The van der Waals surface area contributed by atoms with Gasteiger partial charge in [-0.3, -0.25) is 4.72 Å². The van der Waals surface area contributed by atoms with Crippen LogP contribution in [0.15, 0.2) is 53.4 Å². The van der Waals surface area contributed by atoms with Crippen LogP contribution in [0.4, 0.5) is 5.69 Å². The highest BCUT2D eigenvalue weighted by Crippen LogP contribution is 2.28. The third kappa shape index (κ3) is 3.42. The van der Waals surface area contributed by atoms with Gasteiger partial charge >= 0.3 is 0 Å². The molecule has 24 heavy (non-hydrogen) atoms. The zero-order valence-corrected chi connectivity index (χ0v) is 15.3. The highest BCUT2D eigenvalue weighted by Gasteiger charge is 2.17. The number of H-pyrrole nitrogens is 1. The molecular weight excluding hydrogens is 344 g/mol. The molecule has 0 radical (unpaired) electrons. The van der Waals surface area contributed by atoms with E-state index in [1.54, 1.807) is 18.2 Å². The first-order chi connectivity index (χ1) is 11.1. The monoisotopic (exact) mass is 362 g/mol. The molecule has 6 heteroatoms. The Morgan fingerprint density at radius 1 is 1.00 bits per heavy atom. The summed E-state index contributed by atoms with van der Waals surface area (Å²) in [4.78, 5) is 3.55. The van der Waals surface area contributed by atoms with Crippen molar-refractivity contribution < 1.29 is 8.42 Å². The molecule has 1 heterocycles. The number of rotatable bonds is 3. The number of nitrogens with one attached hydrogen (secondary N) is 2. The van der Waals surface area contributed by atoms with Crippen molar-refractivity contribution in [3.05, 3.63) is 59.2 Å². The SMILES string of the molecule is CC(C)(C)c1cc2cc(NS(=O)(=O)c3ccc(Cl)cc3)ccc2[nH]1. The summed E-state index contributed by atoms with van der Waals surface area (Å²) in [7, 11) is -3.64. The first-order valence-electron chi connectivity index (χ1n) is 7.57. The van der Waals surface area contributed by atoms with Crippen molar-refractivity contribution in [1.29, 1.82) is 0 Å². The lowest BCUT2D eigenvalue weighted by atomic mass is 9.92. The van der Waals surface area contributed by atoms with Crippen molar-refractivity contribution in [3.63, 3.8) is 0 Å². The van der Waals surface area contributed by atoms with E-state index < -0.39 is 10.0 Å². The van der Waals surface area contributed by atoms with Crippen molar-refractivity contribution in [2.75, 3.05) is 4.72 Å². The number of fused-ring (bicyclic) bond motifs is 1. The van der Waals surface area contributed by atoms with Crippen molar-refractivity contribution >= 4 is 38.2 Å². The minimum absolute atomic E-state index is 0.00198. The minimum Gasteiger partial charge on any atom is -0.358 e. The summed E-state index contributed by atoms with van der Waals surface area (Å²) >= 11 is 5.81. The van der Waals surface area contributed by atoms with Crippen LogP contribution in [0.25, 0.3) is 10.9 Å². The third-order valence-corrected chi connectivity index (χ3v) is 5.45. The summed E-state index contributed by atoms with van der Waals surface area (Å²) in [5.74, 6) is 0. The van der Waals surface area contributed by atoms with Gasteiger partial charge in [0.05, 0.1) is 4.90 Å². The van der Waals surface area contributed by atoms with E-state index in [1.807, 2.05) is 12.1 Å². The van der Waals surface area contributed by atoms with E-state index >= 15 is 0 Å². The van der Waals surface area contributed by atoms with E-state index in [-0.39, 0.29) is 10.3 Å². The normalized spacial score (nSPS) is 12.5. The number of aromatic amines is 1. The number of hydrogen-bond acceptors (Lipinski definition) is 2. The van der Waals surface area contributed by atoms with Gasteiger partial charge in [0.15, 0.2) is 0 Å². The summed E-state index contributed by atoms with van der Waals surface area (Å²) < 4.78 is 27.5. The fourth-order valence-electron chi connectivity index (χ4n) is 2.43. The van der Waals surface area contributed by atoms with Gasteiger partial charge in [-0.1, -0.05) is 32.4 Å². The molecule has 0 spiro atoms. The van der Waals surface area contributed by atoms with Gasteiger partial charge in [-0.05, 0) is 48.5 Å². The Kier molecular flexibility index (Phi) is 4.10. The van der Waals surface area contributed by atoms with Gasteiger partial charge in [-0.2, -0.15) is 0 Å². The predicted molar refractivity (Wildman–Crippen MR) is 99.3 cm³/mol. The van der Waals surface area contributed by atoms with Crippen LogP contribution in [-0.4, -0.2) is 13.4 Å². The zero-order chi connectivity index (χ0) is 17.5. The first-order valence-corrected chi connectivity index (χ1v) is 9.43. The molecule has 0 saturated heterocycles. The van der Waals surface area contributed by atoms with Crippen LogP contribution >= 0.6 is 11.6 Å². The van der Waals surface area contributed by atoms with Gasteiger partial charge in [-0.25, -0.2) is 8.42 Å². The van der Waals surface area contributed by atoms with Crippen LogP contribution in [0.1, 0.15) is 26.5 Å². The number of anilines is 1. The molecule has 126 valence electrons. The minimum atomic E-state index is -3.64. The van der Waals surface area contributed by atoms with E-state index in [4.69, 9.17) is 11.6 Å². The van der Waals surface area contributed by atoms with Gasteiger partial charge in [0.1, 0.15) is 0 Å². The number of sulfonamides is 1. The lowest BCUT2D eigenvalue weighted by Gasteiger charge is -2.15. The Bertz CT molecular complexity index is 984. The molecule has 0 fully saturated rings. The van der Waals surface area contributed by atoms with Gasteiger partial charge in [-0.15, -0.1) is 0 Å². The Labute approximate surface area is 146 Å². The maximum atomic E-state index is 12.5. The molecule has 0 amide bonds. The van der Waals surface area contributed by atoms with Gasteiger partial charge in [0, 0.05) is 32.7 Å². The van der Waals surface area contributed by atoms with E-state index in [0.717, 1.165) is 16.6 Å². The summed E-state index contributed by atoms with van der Waals surface area (Å²) in [6.45, 7) is 6.38. The predicted octanol–water partition coefficient (Wildman–Crippen LogP) is 4.92. The zero-order valence-electron chi connectivity index (χ0n) is 13.7. The molecule has 3 aromatic rings. The lowest BCUT2D eigenvalue weighted by Crippen LogP contribution is -2.12. The molecular formula is C18H19ClN2O2S. The van der Waals surface area contributed by atoms with E-state index in [2.05, 4.69) is 36.5 Å². The van der Waals surface area contributed by atoms with Gasteiger partial charge in [0.25, 0.3) is 10.0 Å². The van der Waals surface area contributed by atoms with Crippen LogP contribution < -0.4 is 4.72 Å². The van der Waals surface area contributed by atoms with Crippen molar-refractivity contribution in [3.8, 4) is 0 Å². The average molecular weight is 363 g/mol. The van der Waals surface area contributed by atoms with E-state index in [0.29, 0.717) is 10.7 Å². The van der Waals surface area contributed by atoms with Gasteiger partial charge < -0.3 is 4.98 Å². The van der Waals surface area contributed by atoms with Crippen molar-refractivity contribution in [2.24, 2.45) is 0 Å². The fraction of sp³-hybridized carbons (Fsp3) is 0.222. The largest absolute Gasteiger partial charge is 0.358 e. The maximum Gasteiger partial charge on any atom is 0.261 e. The molecule has 3 rings (SSSR count). The van der Waals surface area contributed by atoms with E-state index in [1.165, 1.54) is 12.1 Å². The number of benzene rings is 2. The molecule has 2 N–H and O–H groups in total. The maximum absolute atomic E-state index is 12.5. The standard InChI is InChI=1S/C18H19ClN2O2S/c1-18(2,3)17-11-12-10-14(6-9-16(12)20-17)21-24(22,23)15-7-4-13(19)5-8-15/h4-11,20-21H,1-3H3. The second-order valence-electron chi connectivity index (χ2n) is 6.79. The molecule has 0 aliphatic rings. The Morgan fingerprint density at radius 2 is 1.67 bits per heavy atom. The molecule has 0 unspecified atom stereocenters. The highest BCUT2D eigenvalue weighted by atomic mass is 35.5. The van der Waals surface area contributed by atoms with Crippen molar-refractivity contribution in [2.45, 2.75) is 31.1 Å². The molecule has 2 aromatic carbocycles. The highest BCUT2D eigenvalue weighted by molar-refractivity contribution is 7.92. The fourth-order valence-corrected chi connectivity index (χ4v) is 3.60. The van der Waals surface area contributed by atoms with Crippen LogP contribution in [0.3, 0.4) is 0 Å². The number of halogens is 1. The van der Waals surface area contributed by atoms with Gasteiger partial charge in [0.2, 0.25) is 0 Å². The second-order valence-corrected chi connectivity index (χ2v) is 8.91. The topological polar surface area (TPSA) is 62.0 Å². The quantitative estimate of drug-likeness (QED) is 0.694. The molecule has 0 saturated carbocycles. The summed E-state index contributed by atoms with van der Waals surface area (Å²) in [5, 5.41) is 1.47. The van der Waals surface area contributed by atoms with E-state index in [9.17, 15) is 8.42 Å². The Morgan fingerprint density at radius 3 is 2.29 bits per heavy atom. The summed E-state index contributed by atoms with van der Waals surface area (Å²) in [5.41, 5.74) is 2.61. The third-order valence-electron chi connectivity index (χ3n) is 3.80. The van der Waals surface area contributed by atoms with Crippen LogP contribution in [0.5, 0.6) is 0 Å². The second kappa shape index (κ2) is 5.83. The molecule has 0 aliphatic carbocycles. The molecule has 0 bridgehead atoms. The first kappa shape index (κ1) is 16.9. The number of hydrogen-bond donors (Lipinski definition) is 2. The smallest absolute Gasteiger partial charge is 0.261 e. The lowest BCUT2D eigenvalue weighted by molar-refractivity contribution is 0.574. The van der Waals surface area contributed by atoms with Crippen LogP contribution in [-0.2, 0) is 15.4 Å². The molecule has 0 atom stereocenters. The summed E-state index contributed by atoms with van der Waals surface area (Å²) in [6, 6.07) is 13.6. The molecule has 4 nitrogen and oxygen atoms in total. The summed E-state index contributed by atoms with van der Waals surface area (Å²) in [6.07, 6.45) is 0. The Balaban J connectivity index is 1.93. The van der Waals surface area contributed by atoms with Crippen molar-refractivity contribution in [1.82, 2.24) is 4.98 Å². The number of aromatic nitrogens is 1. The molecule has 0 aliphatic heterocycles. The van der Waals surface area contributed by atoms with Crippen LogP contribution in [0.2, 0.25) is 5.02 Å².